The number of hydrogen-bond donors (Lipinski definition) is 0. The second-order valence-corrected chi connectivity index (χ2v) is 11.2. The van der Waals surface area contributed by atoms with Gasteiger partial charge in [-0.3, -0.25) is 0 Å². The van der Waals surface area contributed by atoms with Crippen LogP contribution in [0.15, 0.2) is 54.6 Å². The summed E-state index contributed by atoms with van der Waals surface area (Å²) in [5.74, 6) is 0. The fourth-order valence-electron chi connectivity index (χ4n) is 4.39. The Morgan fingerprint density at radius 2 is 1.20 bits per heavy atom. The maximum Gasteiger partial charge on any atom is 4.00 e. The van der Waals surface area contributed by atoms with Crippen molar-refractivity contribution >= 4 is 30.3 Å². The summed E-state index contributed by atoms with van der Waals surface area (Å²) in [6, 6.07) is 21.4. The van der Waals surface area contributed by atoms with Crippen LogP contribution in [0.25, 0.3) is 32.7 Å². The maximum absolute atomic E-state index is 2.46. The molecule has 5 heteroatoms. The summed E-state index contributed by atoms with van der Waals surface area (Å²) < 4.78 is 0. The molecular weight excluding hydrogens is 483 g/mol. The zero-order valence-corrected chi connectivity index (χ0v) is 23.1. The van der Waals surface area contributed by atoms with Gasteiger partial charge in [-0.1, -0.05) is 105 Å². The Labute approximate surface area is 215 Å². The number of halogens is 3. The van der Waals surface area contributed by atoms with Crippen LogP contribution in [0, 0.1) is 20.8 Å². The first-order valence-corrected chi connectivity index (χ1v) is 12.8. The standard InChI is InChI=1S/C25H27Si.3ClH.Ti/c1-16-17(2)23(15-26(4)5)24(18(16)3)25-21-12-8-6-10-19(21)14-20-11-7-9-13-22(20)25;;;;/h6-14,26H,15H2,1-5H3;3*1H;/q-1;;;;+4/p-3. The Kier molecular flexibility index (Phi) is 11.5. The van der Waals surface area contributed by atoms with Gasteiger partial charge in [-0.15, -0.1) is 16.7 Å². The molecule has 0 heterocycles. The molecule has 156 valence electrons. The normalized spacial score (nSPS) is 10.2. The molecule has 0 atom stereocenters. The van der Waals surface area contributed by atoms with Gasteiger partial charge >= 0.3 is 21.7 Å². The molecule has 0 N–H and O–H groups in total. The third-order valence-corrected chi connectivity index (χ3v) is 7.11. The van der Waals surface area contributed by atoms with Crippen molar-refractivity contribution in [3.05, 3.63) is 76.9 Å². The molecule has 0 saturated heterocycles. The van der Waals surface area contributed by atoms with Gasteiger partial charge in [0, 0.05) is 8.80 Å². The summed E-state index contributed by atoms with van der Waals surface area (Å²) in [6.45, 7) is 11.9. The predicted octanol–water partition coefficient (Wildman–Crippen LogP) is -2.12. The zero-order chi connectivity index (χ0) is 18.4. The van der Waals surface area contributed by atoms with E-state index in [0.29, 0.717) is 0 Å². The molecule has 0 aromatic heterocycles. The fraction of sp³-hybridized carbons (Fsp3) is 0.240. The van der Waals surface area contributed by atoms with Gasteiger partial charge in [-0.2, -0.15) is 11.1 Å². The molecule has 4 aromatic rings. The molecule has 0 amide bonds. The fourth-order valence-corrected chi connectivity index (χ4v) is 5.72. The van der Waals surface area contributed by atoms with Crippen LogP contribution in [-0.2, 0) is 27.8 Å². The second kappa shape index (κ2) is 11.8. The summed E-state index contributed by atoms with van der Waals surface area (Å²) in [5.41, 5.74) is 9.00. The van der Waals surface area contributed by atoms with Gasteiger partial charge in [0.25, 0.3) is 0 Å². The number of fused-ring (bicyclic) bond motifs is 2. The van der Waals surface area contributed by atoms with Crippen LogP contribution in [0.2, 0.25) is 13.1 Å². The number of rotatable bonds is 3. The van der Waals surface area contributed by atoms with Gasteiger partial charge in [0.05, 0.1) is 0 Å². The first kappa shape index (κ1) is 29.3. The Hall–Kier alpha value is -0.669. The van der Waals surface area contributed by atoms with Gasteiger partial charge in [0.15, 0.2) is 0 Å². The Morgan fingerprint density at radius 1 is 0.733 bits per heavy atom. The molecule has 4 aromatic carbocycles. The van der Waals surface area contributed by atoms with Crippen LogP contribution in [0.1, 0.15) is 22.3 Å². The largest absolute Gasteiger partial charge is 4.00 e. The molecule has 0 saturated carbocycles. The SMILES string of the molecule is Cc1c(C)c(-c2c3ccccc3cc3ccccc23)[c-](C[SiH](C)C)c1C.[Cl-].[Cl-].[Cl-].[Ti+4]. The topological polar surface area (TPSA) is 0 Å². The van der Waals surface area contributed by atoms with E-state index in [4.69, 9.17) is 0 Å². The number of benzene rings is 3. The van der Waals surface area contributed by atoms with E-state index in [1.165, 1.54) is 55.4 Å². The Bertz CT molecular complexity index is 1080. The van der Waals surface area contributed by atoms with Gasteiger partial charge in [0.1, 0.15) is 0 Å². The van der Waals surface area contributed by atoms with Crippen LogP contribution in [0.3, 0.4) is 0 Å². The van der Waals surface area contributed by atoms with Gasteiger partial charge in [-0.05, 0) is 16.8 Å². The molecule has 0 bridgehead atoms. The minimum Gasteiger partial charge on any atom is -1.00 e. The van der Waals surface area contributed by atoms with Crippen molar-refractivity contribution < 1.29 is 58.9 Å². The van der Waals surface area contributed by atoms with E-state index >= 15 is 0 Å². The maximum atomic E-state index is 2.46. The second-order valence-electron chi connectivity index (χ2n) is 8.02. The summed E-state index contributed by atoms with van der Waals surface area (Å²) in [7, 11) is -0.708. The molecule has 30 heavy (non-hydrogen) atoms. The molecule has 0 aliphatic rings. The van der Waals surface area contributed by atoms with Crippen LogP contribution in [-0.4, -0.2) is 8.80 Å². The average Bonchev–Trinajstić information content (AvgIpc) is 2.83. The van der Waals surface area contributed by atoms with E-state index in [9.17, 15) is 0 Å². The number of hydrogen-bond acceptors (Lipinski definition) is 0. The Morgan fingerprint density at radius 3 is 1.67 bits per heavy atom. The minimum absolute atomic E-state index is 0. The van der Waals surface area contributed by atoms with Crippen LogP contribution < -0.4 is 37.2 Å². The van der Waals surface area contributed by atoms with Crippen molar-refractivity contribution in [2.75, 3.05) is 0 Å². The quantitative estimate of drug-likeness (QED) is 0.168. The summed E-state index contributed by atoms with van der Waals surface area (Å²) in [6.07, 6.45) is 0. The monoisotopic (exact) mass is 508 g/mol. The molecule has 0 unspecified atom stereocenters. The first-order valence-electron chi connectivity index (χ1n) is 9.65. The van der Waals surface area contributed by atoms with Crippen LogP contribution >= 0.6 is 0 Å². The molecule has 0 radical (unpaired) electrons. The van der Waals surface area contributed by atoms with Crippen molar-refractivity contribution in [2.24, 2.45) is 0 Å². The van der Waals surface area contributed by atoms with Gasteiger partial charge < -0.3 is 37.2 Å². The predicted molar refractivity (Wildman–Crippen MR) is 119 cm³/mol. The third-order valence-electron chi connectivity index (χ3n) is 5.89. The molecule has 0 aliphatic heterocycles. The van der Waals surface area contributed by atoms with E-state index in [2.05, 4.69) is 88.5 Å². The molecule has 0 fully saturated rings. The van der Waals surface area contributed by atoms with Gasteiger partial charge in [0.2, 0.25) is 0 Å². The van der Waals surface area contributed by atoms with Crippen molar-refractivity contribution in [3.63, 3.8) is 0 Å². The van der Waals surface area contributed by atoms with Crippen molar-refractivity contribution in [2.45, 2.75) is 39.9 Å². The van der Waals surface area contributed by atoms with E-state index in [0.717, 1.165) is 0 Å². The Balaban J connectivity index is 0.00000210. The molecule has 0 spiro atoms. The summed E-state index contributed by atoms with van der Waals surface area (Å²) in [4.78, 5) is 0. The smallest absolute Gasteiger partial charge is 1.00 e. The van der Waals surface area contributed by atoms with Gasteiger partial charge in [-0.25, -0.2) is 0 Å². The summed E-state index contributed by atoms with van der Waals surface area (Å²) >= 11 is 0. The molecule has 0 nitrogen and oxygen atoms in total. The summed E-state index contributed by atoms with van der Waals surface area (Å²) in [5, 5.41) is 5.44. The van der Waals surface area contributed by atoms with Crippen molar-refractivity contribution in [1.82, 2.24) is 0 Å². The molecule has 0 aliphatic carbocycles. The van der Waals surface area contributed by atoms with E-state index in [1.807, 2.05) is 0 Å². The zero-order valence-electron chi connectivity index (χ0n) is 18.1. The van der Waals surface area contributed by atoms with Crippen molar-refractivity contribution in [3.8, 4) is 11.1 Å². The van der Waals surface area contributed by atoms with Crippen LogP contribution in [0.5, 0.6) is 0 Å². The van der Waals surface area contributed by atoms with E-state index in [-0.39, 0.29) is 58.9 Å². The molecular formula is C25H27Cl3SiTi. The third kappa shape index (κ3) is 5.04. The average molecular weight is 510 g/mol. The van der Waals surface area contributed by atoms with E-state index < -0.39 is 8.80 Å². The first-order chi connectivity index (χ1) is 12.5. The van der Waals surface area contributed by atoms with Crippen molar-refractivity contribution in [1.29, 1.82) is 0 Å². The minimum atomic E-state index is -0.708. The van der Waals surface area contributed by atoms with E-state index in [1.54, 1.807) is 5.56 Å². The molecule has 4 rings (SSSR count). The van der Waals surface area contributed by atoms with Crippen LogP contribution in [0.4, 0.5) is 0 Å².